The zero-order valence-electron chi connectivity index (χ0n) is 17.6. The summed E-state index contributed by atoms with van der Waals surface area (Å²) in [6.45, 7) is 0. The molecule has 158 valence electrons. The van der Waals surface area contributed by atoms with Gasteiger partial charge >= 0.3 is 0 Å². The maximum absolute atomic E-state index is 5.57. The van der Waals surface area contributed by atoms with Crippen molar-refractivity contribution in [2.24, 2.45) is 0 Å². The average molecular weight is 409 g/mol. The largest absolute Gasteiger partial charge is 0.495 e. The molecule has 0 bridgehead atoms. The van der Waals surface area contributed by atoms with Crippen LogP contribution in [-0.2, 0) is 5.54 Å². The predicted octanol–water partition coefficient (Wildman–Crippen LogP) is 3.96. The maximum atomic E-state index is 5.57. The number of nitrogens with one attached hydrogen (secondary N) is 1. The van der Waals surface area contributed by atoms with Crippen LogP contribution in [0.1, 0.15) is 37.9 Å². The van der Waals surface area contributed by atoms with Crippen LogP contribution in [0.2, 0.25) is 0 Å². The molecule has 0 aliphatic heterocycles. The fourth-order valence-electron chi connectivity index (χ4n) is 4.18. The minimum atomic E-state index is -0.399. The van der Waals surface area contributed by atoms with Crippen LogP contribution in [0.15, 0.2) is 42.5 Å². The molecule has 3 aromatic rings. The van der Waals surface area contributed by atoms with Crippen molar-refractivity contribution in [3.63, 3.8) is 0 Å². The van der Waals surface area contributed by atoms with Gasteiger partial charge in [0.25, 0.3) is 0 Å². The Morgan fingerprint density at radius 1 is 0.867 bits per heavy atom. The molecule has 1 saturated carbocycles. The molecule has 0 radical (unpaired) electrons. The molecule has 8 heteroatoms. The third kappa shape index (κ3) is 3.65. The van der Waals surface area contributed by atoms with Gasteiger partial charge in [0.1, 0.15) is 5.75 Å². The van der Waals surface area contributed by atoms with Crippen molar-refractivity contribution in [1.82, 2.24) is 20.2 Å². The third-order valence-electron chi connectivity index (χ3n) is 5.70. The Hall–Kier alpha value is -3.29. The number of nitrogens with zero attached hydrogens (tertiary/aromatic N) is 4. The smallest absolute Gasteiger partial charge is 0.181 e. The van der Waals surface area contributed by atoms with Crippen molar-refractivity contribution in [3.05, 3.63) is 48.3 Å². The van der Waals surface area contributed by atoms with Crippen molar-refractivity contribution >= 4 is 5.69 Å². The van der Waals surface area contributed by atoms with Crippen LogP contribution in [0.3, 0.4) is 0 Å². The van der Waals surface area contributed by atoms with E-state index in [1.165, 1.54) is 6.42 Å². The lowest BCUT2D eigenvalue weighted by molar-refractivity contribution is 0.307. The van der Waals surface area contributed by atoms with Gasteiger partial charge in [-0.15, -0.1) is 5.10 Å². The predicted molar refractivity (Wildman–Crippen MR) is 114 cm³/mol. The molecule has 0 unspecified atom stereocenters. The van der Waals surface area contributed by atoms with E-state index in [2.05, 4.69) is 20.8 Å². The summed E-state index contributed by atoms with van der Waals surface area (Å²) < 4.78 is 18.2. The minimum Gasteiger partial charge on any atom is -0.495 e. The highest BCUT2D eigenvalue weighted by Gasteiger charge is 2.40. The number of aromatic nitrogens is 4. The van der Waals surface area contributed by atoms with Crippen molar-refractivity contribution < 1.29 is 14.2 Å². The maximum Gasteiger partial charge on any atom is 0.181 e. The Morgan fingerprint density at radius 2 is 1.60 bits per heavy atom. The summed E-state index contributed by atoms with van der Waals surface area (Å²) >= 11 is 0. The number of hydrogen-bond donors (Lipinski definition) is 1. The molecule has 30 heavy (non-hydrogen) atoms. The first-order valence-electron chi connectivity index (χ1n) is 10.1. The third-order valence-corrected chi connectivity index (χ3v) is 5.70. The van der Waals surface area contributed by atoms with Crippen LogP contribution in [-0.4, -0.2) is 41.5 Å². The molecule has 1 aromatic heterocycles. The highest BCUT2D eigenvalue weighted by atomic mass is 16.5. The molecule has 1 aliphatic rings. The second kappa shape index (κ2) is 8.61. The number of para-hydroxylation sites is 2. The average Bonchev–Trinajstić information content (AvgIpc) is 3.30. The number of ether oxygens (including phenoxy) is 3. The summed E-state index contributed by atoms with van der Waals surface area (Å²) in [5.74, 6) is 2.87. The molecule has 2 aromatic carbocycles. The Labute approximate surface area is 176 Å². The van der Waals surface area contributed by atoms with Gasteiger partial charge in [0.05, 0.1) is 38.2 Å². The first-order valence-corrected chi connectivity index (χ1v) is 10.1. The van der Waals surface area contributed by atoms with E-state index in [1.807, 2.05) is 42.5 Å². The Balaban J connectivity index is 1.78. The SMILES string of the molecule is COc1ccccc1NC1(c2nnnn2-c2ccc(OC)c(OC)c2)CCCCC1. The molecule has 1 N–H and O–H groups in total. The van der Waals surface area contributed by atoms with E-state index in [-0.39, 0.29) is 0 Å². The minimum absolute atomic E-state index is 0.399. The van der Waals surface area contributed by atoms with E-state index in [4.69, 9.17) is 14.2 Å². The second-order valence-corrected chi connectivity index (χ2v) is 7.42. The van der Waals surface area contributed by atoms with E-state index in [0.29, 0.717) is 11.5 Å². The number of rotatable bonds is 7. The molecule has 4 rings (SSSR count). The molecule has 1 heterocycles. The molecule has 8 nitrogen and oxygen atoms in total. The summed E-state index contributed by atoms with van der Waals surface area (Å²) in [6, 6.07) is 13.6. The number of hydrogen-bond acceptors (Lipinski definition) is 7. The van der Waals surface area contributed by atoms with Crippen molar-refractivity contribution in [2.75, 3.05) is 26.6 Å². The van der Waals surface area contributed by atoms with Gasteiger partial charge in [-0.1, -0.05) is 31.4 Å². The fraction of sp³-hybridized carbons (Fsp3) is 0.409. The van der Waals surface area contributed by atoms with Crippen LogP contribution >= 0.6 is 0 Å². The molecule has 1 aliphatic carbocycles. The molecular formula is C22H27N5O3. The summed E-state index contributed by atoms with van der Waals surface area (Å²) in [4.78, 5) is 0. The lowest BCUT2D eigenvalue weighted by Crippen LogP contribution is -2.40. The Morgan fingerprint density at radius 3 is 2.33 bits per heavy atom. The van der Waals surface area contributed by atoms with Crippen LogP contribution in [0.25, 0.3) is 5.69 Å². The van der Waals surface area contributed by atoms with Crippen molar-refractivity contribution in [2.45, 2.75) is 37.6 Å². The normalized spacial score (nSPS) is 15.4. The summed E-state index contributed by atoms with van der Waals surface area (Å²) in [5.41, 5.74) is 1.35. The summed E-state index contributed by atoms with van der Waals surface area (Å²) in [6.07, 6.45) is 5.26. The molecule has 0 atom stereocenters. The number of tetrazole rings is 1. The van der Waals surface area contributed by atoms with E-state index in [9.17, 15) is 0 Å². The molecule has 0 amide bonds. The molecule has 1 fully saturated rings. The lowest BCUT2D eigenvalue weighted by Gasteiger charge is -2.38. The van der Waals surface area contributed by atoms with Gasteiger partial charge in [0.2, 0.25) is 0 Å². The van der Waals surface area contributed by atoms with Gasteiger partial charge in [0, 0.05) is 6.07 Å². The van der Waals surface area contributed by atoms with Crippen LogP contribution in [0, 0.1) is 0 Å². The van der Waals surface area contributed by atoms with E-state index < -0.39 is 5.54 Å². The monoisotopic (exact) mass is 409 g/mol. The first kappa shape index (κ1) is 20.0. The van der Waals surface area contributed by atoms with Gasteiger partial charge < -0.3 is 19.5 Å². The van der Waals surface area contributed by atoms with Crippen molar-refractivity contribution in [3.8, 4) is 22.9 Å². The van der Waals surface area contributed by atoms with Gasteiger partial charge in [-0.3, -0.25) is 0 Å². The van der Waals surface area contributed by atoms with Gasteiger partial charge in [-0.05, 0) is 47.5 Å². The number of methoxy groups -OCH3 is 3. The standard InChI is InChI=1S/C22H27N5O3/c1-28-18-10-6-5-9-17(18)23-22(13-7-4-8-14-22)21-24-25-26-27(21)16-11-12-19(29-2)20(15-16)30-3/h5-6,9-12,15,23H,4,7-8,13-14H2,1-3H3. The van der Waals surface area contributed by atoms with Gasteiger partial charge in [-0.25, -0.2) is 0 Å². The zero-order chi connectivity index (χ0) is 21.0. The zero-order valence-corrected chi connectivity index (χ0v) is 17.6. The molecular weight excluding hydrogens is 382 g/mol. The first-order chi connectivity index (χ1) is 14.7. The number of anilines is 1. The van der Waals surface area contributed by atoms with Crippen LogP contribution in [0.4, 0.5) is 5.69 Å². The molecule has 0 spiro atoms. The van der Waals surface area contributed by atoms with Crippen LogP contribution in [0.5, 0.6) is 17.2 Å². The Kier molecular flexibility index (Phi) is 5.74. The Bertz CT molecular complexity index is 998. The highest BCUT2D eigenvalue weighted by molar-refractivity contribution is 5.58. The van der Waals surface area contributed by atoms with E-state index in [1.54, 1.807) is 26.0 Å². The number of benzene rings is 2. The topological polar surface area (TPSA) is 83.3 Å². The van der Waals surface area contributed by atoms with Gasteiger partial charge in [0.15, 0.2) is 17.3 Å². The van der Waals surface area contributed by atoms with E-state index >= 15 is 0 Å². The van der Waals surface area contributed by atoms with Crippen molar-refractivity contribution in [1.29, 1.82) is 0 Å². The lowest BCUT2D eigenvalue weighted by atomic mass is 9.80. The van der Waals surface area contributed by atoms with E-state index in [0.717, 1.165) is 48.6 Å². The van der Waals surface area contributed by atoms with Crippen LogP contribution < -0.4 is 19.5 Å². The van der Waals surface area contributed by atoms with Gasteiger partial charge in [-0.2, -0.15) is 4.68 Å². The quantitative estimate of drug-likeness (QED) is 0.632. The molecule has 0 saturated heterocycles. The summed E-state index contributed by atoms with van der Waals surface area (Å²) in [7, 11) is 4.92. The highest BCUT2D eigenvalue weighted by Crippen LogP contribution is 2.42. The fourth-order valence-corrected chi connectivity index (χ4v) is 4.18. The second-order valence-electron chi connectivity index (χ2n) is 7.42. The summed E-state index contributed by atoms with van der Waals surface area (Å²) in [5, 5.41) is 16.5.